The van der Waals surface area contributed by atoms with Crippen LogP contribution in [0, 0.1) is 5.41 Å². The second kappa shape index (κ2) is 8.89. The first-order valence-electron chi connectivity index (χ1n) is 10.4. The van der Waals surface area contributed by atoms with Crippen LogP contribution in [0.4, 0.5) is 0 Å². The van der Waals surface area contributed by atoms with E-state index < -0.39 is 15.6 Å². The molecule has 0 unspecified atom stereocenters. The topological polar surface area (TPSA) is 136 Å². The van der Waals surface area contributed by atoms with Crippen molar-refractivity contribution >= 4 is 32.2 Å². The Hall–Kier alpha value is -3.34. The van der Waals surface area contributed by atoms with E-state index in [4.69, 9.17) is 10.1 Å². The second-order valence-corrected chi connectivity index (χ2v) is 9.69. The van der Waals surface area contributed by atoms with Crippen LogP contribution in [0.1, 0.15) is 19.4 Å². The van der Waals surface area contributed by atoms with E-state index in [-0.39, 0.29) is 40.6 Å². The highest BCUT2D eigenvalue weighted by Gasteiger charge is 2.28. The van der Waals surface area contributed by atoms with Crippen molar-refractivity contribution in [3.05, 3.63) is 64.4 Å². The van der Waals surface area contributed by atoms with E-state index in [0.717, 1.165) is 0 Å². The Morgan fingerprint density at radius 2 is 1.94 bits per heavy atom. The van der Waals surface area contributed by atoms with Crippen LogP contribution in [-0.4, -0.2) is 59.8 Å². The highest BCUT2D eigenvalue weighted by Crippen LogP contribution is 2.35. The molecule has 172 valence electrons. The van der Waals surface area contributed by atoms with Crippen molar-refractivity contribution in [1.82, 2.24) is 14.3 Å². The molecule has 3 heterocycles. The van der Waals surface area contributed by atoms with Crippen LogP contribution in [0.25, 0.3) is 27.6 Å². The molecule has 3 N–H and O–H groups in total. The lowest BCUT2D eigenvalue weighted by Gasteiger charge is -2.26. The Morgan fingerprint density at radius 1 is 1.21 bits per heavy atom. The summed E-state index contributed by atoms with van der Waals surface area (Å²) in [6, 6.07) is 7.99. The summed E-state index contributed by atoms with van der Waals surface area (Å²) in [7, 11) is -3.79. The minimum atomic E-state index is -3.79. The fraction of sp³-hybridized carbons (Fsp3) is 0.261. The van der Waals surface area contributed by atoms with E-state index >= 15 is 0 Å². The molecule has 10 heteroatoms. The van der Waals surface area contributed by atoms with E-state index in [0.29, 0.717) is 35.2 Å². The van der Waals surface area contributed by atoms with Gasteiger partial charge in [-0.05, 0) is 38.1 Å². The molecule has 0 bridgehead atoms. The second-order valence-electron chi connectivity index (χ2n) is 7.76. The first-order valence-corrected chi connectivity index (χ1v) is 11.8. The average molecular weight is 469 g/mol. The van der Waals surface area contributed by atoms with Gasteiger partial charge in [0, 0.05) is 58.8 Å². The summed E-state index contributed by atoms with van der Waals surface area (Å²) in [5, 5.41) is 18.9. The lowest BCUT2D eigenvalue weighted by Crippen LogP contribution is -2.40. The number of sulfonamides is 1. The Morgan fingerprint density at radius 3 is 2.55 bits per heavy atom. The maximum absolute atomic E-state index is 13.3. The number of benzene rings is 1. The molecule has 0 saturated carbocycles. The first-order chi connectivity index (χ1) is 15.7. The van der Waals surface area contributed by atoms with E-state index in [1.807, 2.05) is 0 Å². The van der Waals surface area contributed by atoms with Gasteiger partial charge in [0.2, 0.25) is 10.0 Å². The van der Waals surface area contributed by atoms with Gasteiger partial charge in [0.05, 0.1) is 29.4 Å². The monoisotopic (exact) mass is 468 g/mol. The van der Waals surface area contributed by atoms with Crippen molar-refractivity contribution in [1.29, 1.82) is 5.41 Å². The lowest BCUT2D eigenvalue weighted by atomic mass is 9.90. The largest absolute Gasteiger partial charge is 0.512 e. The maximum atomic E-state index is 13.3. The third-order valence-corrected chi connectivity index (χ3v) is 7.43. The highest BCUT2D eigenvalue weighted by molar-refractivity contribution is 7.89. The van der Waals surface area contributed by atoms with Gasteiger partial charge >= 0.3 is 0 Å². The van der Waals surface area contributed by atoms with Crippen molar-refractivity contribution in [3.63, 3.8) is 0 Å². The molecule has 0 aliphatic carbocycles. The van der Waals surface area contributed by atoms with E-state index in [1.165, 1.54) is 30.3 Å². The van der Waals surface area contributed by atoms with Gasteiger partial charge in [-0.2, -0.15) is 4.31 Å². The molecular weight excluding hydrogens is 444 g/mol. The van der Waals surface area contributed by atoms with Crippen molar-refractivity contribution in [2.75, 3.05) is 26.3 Å². The standard InChI is InChI=1S/C23H24N4O5S/c1-14(24)20(15(2)28)22-21(16-4-3-7-25-13-16)18-12-17(5-6-19(18)26-23(22)29)33(30,31)27-8-10-32-11-9-27/h3-7,12-13,24,28H,8-11H2,1-2H3,(H,26,29)/b20-15+,24-14?. The normalized spacial score (nSPS) is 15.9. The molecule has 1 aliphatic heterocycles. The molecular formula is C23H24N4O5S. The smallest absolute Gasteiger partial charge is 0.257 e. The molecule has 0 amide bonds. The number of hydrogen-bond donors (Lipinski definition) is 3. The zero-order chi connectivity index (χ0) is 23.8. The van der Waals surface area contributed by atoms with Crippen LogP contribution in [0.15, 0.2) is 58.2 Å². The third kappa shape index (κ3) is 4.20. The number of ether oxygens (including phenoxy) is 1. The summed E-state index contributed by atoms with van der Waals surface area (Å²) in [4.78, 5) is 20.1. The molecule has 0 atom stereocenters. The molecule has 4 rings (SSSR count). The van der Waals surface area contributed by atoms with E-state index in [9.17, 15) is 18.3 Å². The summed E-state index contributed by atoms with van der Waals surface area (Å²) < 4.78 is 33.2. The van der Waals surface area contributed by atoms with Crippen LogP contribution < -0.4 is 5.56 Å². The Balaban J connectivity index is 2.07. The molecule has 9 nitrogen and oxygen atoms in total. The van der Waals surface area contributed by atoms with Crippen LogP contribution in [0.3, 0.4) is 0 Å². The molecule has 2 aromatic heterocycles. The number of morpholine rings is 1. The van der Waals surface area contributed by atoms with Gasteiger partial charge in [-0.25, -0.2) is 8.42 Å². The number of H-pyrrole nitrogens is 1. The third-order valence-electron chi connectivity index (χ3n) is 5.53. The summed E-state index contributed by atoms with van der Waals surface area (Å²) in [5.74, 6) is -0.186. The van der Waals surface area contributed by atoms with E-state index in [1.54, 1.807) is 30.6 Å². The molecule has 3 aromatic rings. The minimum absolute atomic E-state index is 0.00193. The number of aromatic amines is 1. The number of hydrogen-bond acceptors (Lipinski definition) is 7. The fourth-order valence-electron chi connectivity index (χ4n) is 4.06. The van der Waals surface area contributed by atoms with Gasteiger partial charge in [0.15, 0.2) is 0 Å². The lowest BCUT2D eigenvalue weighted by molar-refractivity contribution is 0.0730. The van der Waals surface area contributed by atoms with Gasteiger partial charge in [-0.1, -0.05) is 6.07 Å². The van der Waals surface area contributed by atoms with Crippen molar-refractivity contribution in [2.24, 2.45) is 0 Å². The molecule has 1 fully saturated rings. The molecule has 1 aromatic carbocycles. The number of aliphatic hydroxyl groups is 1. The van der Waals surface area contributed by atoms with Crippen LogP contribution in [-0.2, 0) is 14.8 Å². The quantitative estimate of drug-likeness (QED) is 0.389. The average Bonchev–Trinajstić information content (AvgIpc) is 2.80. The van der Waals surface area contributed by atoms with Gasteiger partial charge < -0.3 is 20.2 Å². The number of rotatable bonds is 5. The predicted molar refractivity (Wildman–Crippen MR) is 126 cm³/mol. The number of fused-ring (bicyclic) bond motifs is 1. The summed E-state index contributed by atoms with van der Waals surface area (Å²) in [6.45, 7) is 4.06. The molecule has 0 spiro atoms. The zero-order valence-corrected chi connectivity index (χ0v) is 19.1. The Bertz CT molecular complexity index is 1420. The number of allylic oxidation sites excluding steroid dienone is 2. The molecule has 1 aliphatic rings. The highest BCUT2D eigenvalue weighted by atomic mass is 32.2. The summed E-state index contributed by atoms with van der Waals surface area (Å²) in [6.07, 6.45) is 3.15. The van der Waals surface area contributed by atoms with Crippen LogP contribution in [0.5, 0.6) is 0 Å². The number of aliphatic hydroxyl groups excluding tert-OH is 1. The fourth-order valence-corrected chi connectivity index (χ4v) is 5.49. The number of nitrogens with zero attached hydrogens (tertiary/aromatic N) is 2. The molecule has 0 radical (unpaired) electrons. The van der Waals surface area contributed by atoms with Gasteiger partial charge in [-0.15, -0.1) is 0 Å². The predicted octanol–water partition coefficient (Wildman–Crippen LogP) is 2.94. The summed E-state index contributed by atoms with van der Waals surface area (Å²) >= 11 is 0. The minimum Gasteiger partial charge on any atom is -0.512 e. The molecule has 33 heavy (non-hydrogen) atoms. The zero-order valence-electron chi connectivity index (χ0n) is 18.3. The number of nitrogens with one attached hydrogen (secondary N) is 2. The summed E-state index contributed by atoms with van der Waals surface area (Å²) in [5.41, 5.74) is 1.06. The van der Waals surface area contributed by atoms with Gasteiger partial charge in [0.1, 0.15) is 0 Å². The Kier molecular flexibility index (Phi) is 6.15. The van der Waals surface area contributed by atoms with Crippen LogP contribution >= 0.6 is 0 Å². The number of aromatic nitrogens is 2. The van der Waals surface area contributed by atoms with Gasteiger partial charge in [-0.3, -0.25) is 9.78 Å². The van der Waals surface area contributed by atoms with E-state index in [2.05, 4.69) is 9.97 Å². The first kappa shape index (κ1) is 22.8. The number of pyridine rings is 2. The van der Waals surface area contributed by atoms with Crippen molar-refractivity contribution in [2.45, 2.75) is 18.7 Å². The van der Waals surface area contributed by atoms with Crippen molar-refractivity contribution in [3.8, 4) is 11.1 Å². The van der Waals surface area contributed by atoms with Gasteiger partial charge in [0.25, 0.3) is 5.56 Å². The molecule has 1 saturated heterocycles. The SMILES string of the molecule is CC(=N)/C(=C(/C)O)c1c(-c2cccnc2)c2cc(S(=O)(=O)N3CCOCC3)ccc2[nH]c1=O. The Labute approximate surface area is 190 Å². The van der Waals surface area contributed by atoms with Crippen LogP contribution in [0.2, 0.25) is 0 Å². The maximum Gasteiger partial charge on any atom is 0.257 e. The van der Waals surface area contributed by atoms with Crippen molar-refractivity contribution < 1.29 is 18.3 Å².